The Hall–Kier alpha value is -1.92. The molecule has 3 N–H and O–H groups in total. The molecule has 3 rings (SSSR count). The topological polar surface area (TPSA) is 74.5 Å². The quantitative estimate of drug-likeness (QED) is 0.539. The van der Waals surface area contributed by atoms with Crippen LogP contribution < -0.4 is 10.6 Å². The summed E-state index contributed by atoms with van der Waals surface area (Å²) < 4.78 is 20.1. The van der Waals surface area contributed by atoms with E-state index in [0.29, 0.717) is 18.5 Å². The smallest absolute Gasteiger partial charge is 0.240 e. The maximum atomic E-state index is 14.4. The maximum absolute atomic E-state index is 14.4. The van der Waals surface area contributed by atoms with Gasteiger partial charge in [-0.2, -0.15) is 0 Å². The van der Waals surface area contributed by atoms with Crippen LogP contribution in [-0.2, 0) is 17.8 Å². The zero-order chi connectivity index (χ0) is 19.9. The SMILES string of the molecule is CCCCCCCCc1cc2cc(CNC(=O)C3NCCC3O)cc(F)c2o1. The van der Waals surface area contributed by atoms with Crippen molar-refractivity contribution in [2.45, 2.75) is 77.0 Å². The molecule has 2 unspecified atom stereocenters. The van der Waals surface area contributed by atoms with E-state index in [4.69, 9.17) is 4.42 Å². The Balaban J connectivity index is 1.55. The molecule has 0 saturated carbocycles. The first kappa shape index (κ1) is 20.8. The molecule has 154 valence electrons. The third-order valence-corrected chi connectivity index (χ3v) is 5.40. The van der Waals surface area contributed by atoms with Gasteiger partial charge in [-0.3, -0.25) is 4.79 Å². The van der Waals surface area contributed by atoms with Gasteiger partial charge in [-0.15, -0.1) is 0 Å². The minimum Gasteiger partial charge on any atom is -0.458 e. The Morgan fingerprint density at radius 1 is 1.25 bits per heavy atom. The van der Waals surface area contributed by atoms with Crippen LogP contribution in [0, 0.1) is 5.82 Å². The highest BCUT2D eigenvalue weighted by molar-refractivity contribution is 5.83. The molecule has 2 heterocycles. The first-order valence-corrected chi connectivity index (χ1v) is 10.5. The number of unbranched alkanes of at least 4 members (excludes halogenated alkanes) is 5. The predicted octanol–water partition coefficient (Wildman–Crippen LogP) is 3.81. The molecule has 1 aromatic heterocycles. The van der Waals surface area contributed by atoms with Crippen molar-refractivity contribution in [1.82, 2.24) is 10.6 Å². The molecule has 1 fully saturated rings. The van der Waals surface area contributed by atoms with E-state index < -0.39 is 18.0 Å². The van der Waals surface area contributed by atoms with Gasteiger partial charge in [-0.1, -0.05) is 39.0 Å². The van der Waals surface area contributed by atoms with Gasteiger partial charge in [-0.05, 0) is 43.1 Å². The number of halogens is 1. The summed E-state index contributed by atoms with van der Waals surface area (Å²) in [5.74, 6) is 0.139. The number of amides is 1. The molecule has 0 bridgehead atoms. The molecule has 0 radical (unpaired) electrons. The number of aryl methyl sites for hydroxylation is 1. The van der Waals surface area contributed by atoms with Crippen LogP contribution in [0.5, 0.6) is 0 Å². The molecule has 2 atom stereocenters. The highest BCUT2D eigenvalue weighted by Gasteiger charge is 2.30. The zero-order valence-electron chi connectivity index (χ0n) is 16.6. The van der Waals surface area contributed by atoms with E-state index in [2.05, 4.69) is 17.6 Å². The van der Waals surface area contributed by atoms with Gasteiger partial charge in [0.25, 0.3) is 0 Å². The summed E-state index contributed by atoms with van der Waals surface area (Å²) in [5, 5.41) is 16.2. The highest BCUT2D eigenvalue weighted by atomic mass is 19.1. The number of hydrogen-bond donors (Lipinski definition) is 3. The number of benzene rings is 1. The average Bonchev–Trinajstić information content (AvgIpc) is 3.29. The summed E-state index contributed by atoms with van der Waals surface area (Å²) in [6.07, 6.45) is 7.95. The van der Waals surface area contributed by atoms with Gasteiger partial charge < -0.3 is 20.2 Å². The van der Waals surface area contributed by atoms with Crippen LogP contribution in [0.4, 0.5) is 4.39 Å². The Morgan fingerprint density at radius 3 is 2.79 bits per heavy atom. The Morgan fingerprint density at radius 2 is 2.04 bits per heavy atom. The van der Waals surface area contributed by atoms with Crippen LogP contribution in [0.2, 0.25) is 0 Å². The number of furan rings is 1. The van der Waals surface area contributed by atoms with Crippen molar-refractivity contribution in [2.24, 2.45) is 0 Å². The lowest BCUT2D eigenvalue weighted by Crippen LogP contribution is -2.45. The van der Waals surface area contributed by atoms with Crippen molar-refractivity contribution in [2.75, 3.05) is 6.54 Å². The summed E-state index contributed by atoms with van der Waals surface area (Å²) in [6, 6.07) is 4.56. The lowest BCUT2D eigenvalue weighted by molar-refractivity contribution is -0.124. The summed E-state index contributed by atoms with van der Waals surface area (Å²) in [6.45, 7) is 3.04. The van der Waals surface area contributed by atoms with Crippen LogP contribution in [0.15, 0.2) is 22.6 Å². The Bertz CT molecular complexity index is 789. The van der Waals surface area contributed by atoms with Crippen LogP contribution in [-0.4, -0.2) is 29.7 Å². The fourth-order valence-corrected chi connectivity index (χ4v) is 3.78. The van der Waals surface area contributed by atoms with E-state index in [-0.39, 0.29) is 18.0 Å². The van der Waals surface area contributed by atoms with E-state index in [1.165, 1.54) is 31.7 Å². The van der Waals surface area contributed by atoms with E-state index in [1.54, 1.807) is 0 Å². The van der Waals surface area contributed by atoms with Crippen molar-refractivity contribution in [3.8, 4) is 0 Å². The highest BCUT2D eigenvalue weighted by Crippen LogP contribution is 2.25. The number of hydrogen-bond acceptors (Lipinski definition) is 4. The number of aliphatic hydroxyl groups excluding tert-OH is 1. The fraction of sp³-hybridized carbons (Fsp3) is 0.591. The molecule has 1 amide bonds. The van der Waals surface area contributed by atoms with Crippen molar-refractivity contribution in [1.29, 1.82) is 0 Å². The van der Waals surface area contributed by atoms with Gasteiger partial charge in [0.15, 0.2) is 11.4 Å². The first-order chi connectivity index (χ1) is 13.6. The second-order valence-corrected chi connectivity index (χ2v) is 7.73. The number of nitrogens with one attached hydrogen (secondary N) is 2. The second-order valence-electron chi connectivity index (χ2n) is 7.73. The predicted molar refractivity (Wildman–Crippen MR) is 108 cm³/mol. The van der Waals surface area contributed by atoms with Crippen molar-refractivity contribution in [3.63, 3.8) is 0 Å². The third kappa shape index (κ3) is 5.32. The standard InChI is InChI=1S/C22H31FN2O3/c1-2-3-4-5-6-7-8-17-13-16-11-15(12-18(23)21(16)28-17)14-25-22(27)20-19(26)9-10-24-20/h11-13,19-20,24,26H,2-10,14H2,1H3,(H,25,27). The van der Waals surface area contributed by atoms with Gasteiger partial charge in [0, 0.05) is 18.4 Å². The summed E-state index contributed by atoms with van der Waals surface area (Å²) in [7, 11) is 0. The minimum atomic E-state index is -0.669. The largest absolute Gasteiger partial charge is 0.458 e. The lowest BCUT2D eigenvalue weighted by atomic mass is 10.1. The molecule has 0 spiro atoms. The van der Waals surface area contributed by atoms with E-state index in [9.17, 15) is 14.3 Å². The monoisotopic (exact) mass is 390 g/mol. The fourth-order valence-electron chi connectivity index (χ4n) is 3.78. The van der Waals surface area contributed by atoms with Gasteiger partial charge in [0.05, 0.1) is 6.10 Å². The lowest BCUT2D eigenvalue weighted by Gasteiger charge is -2.14. The normalized spacial score (nSPS) is 19.4. The molecule has 2 aromatic rings. The van der Waals surface area contributed by atoms with E-state index in [0.717, 1.165) is 30.4 Å². The minimum absolute atomic E-state index is 0.217. The molecule has 1 aliphatic rings. The van der Waals surface area contributed by atoms with Crippen LogP contribution in [0.1, 0.15) is 63.2 Å². The van der Waals surface area contributed by atoms with Crippen LogP contribution in [0.3, 0.4) is 0 Å². The third-order valence-electron chi connectivity index (χ3n) is 5.40. The molecule has 1 aliphatic heterocycles. The van der Waals surface area contributed by atoms with Gasteiger partial charge in [0.1, 0.15) is 11.8 Å². The number of aliphatic hydroxyl groups is 1. The molecule has 5 nitrogen and oxygen atoms in total. The maximum Gasteiger partial charge on any atom is 0.240 e. The zero-order valence-corrected chi connectivity index (χ0v) is 16.6. The summed E-state index contributed by atoms with van der Waals surface area (Å²) in [5.41, 5.74) is 0.960. The van der Waals surface area contributed by atoms with E-state index >= 15 is 0 Å². The van der Waals surface area contributed by atoms with Crippen molar-refractivity contribution < 1.29 is 18.7 Å². The van der Waals surface area contributed by atoms with E-state index in [1.807, 2.05) is 12.1 Å². The van der Waals surface area contributed by atoms with Crippen LogP contribution >= 0.6 is 0 Å². The Kier molecular flexibility index (Phi) is 7.45. The van der Waals surface area contributed by atoms with Crippen molar-refractivity contribution >= 4 is 16.9 Å². The molecule has 1 saturated heterocycles. The van der Waals surface area contributed by atoms with Gasteiger partial charge in [-0.25, -0.2) is 4.39 Å². The number of carbonyl (C=O) groups is 1. The number of rotatable bonds is 10. The van der Waals surface area contributed by atoms with Crippen LogP contribution in [0.25, 0.3) is 11.0 Å². The second kappa shape index (κ2) is 10.0. The van der Waals surface area contributed by atoms with Gasteiger partial charge in [0.2, 0.25) is 5.91 Å². The molecule has 28 heavy (non-hydrogen) atoms. The van der Waals surface area contributed by atoms with Crippen molar-refractivity contribution in [3.05, 3.63) is 35.3 Å². The molecular formula is C22H31FN2O3. The molecule has 6 heteroatoms. The molecule has 1 aromatic carbocycles. The number of carbonyl (C=O) groups excluding carboxylic acids is 1. The number of fused-ring (bicyclic) bond motifs is 1. The Labute approximate surface area is 165 Å². The molecule has 0 aliphatic carbocycles. The summed E-state index contributed by atoms with van der Waals surface area (Å²) >= 11 is 0. The first-order valence-electron chi connectivity index (χ1n) is 10.5. The average molecular weight is 390 g/mol. The van der Waals surface area contributed by atoms with Gasteiger partial charge >= 0.3 is 0 Å². The molecular weight excluding hydrogens is 359 g/mol. The summed E-state index contributed by atoms with van der Waals surface area (Å²) in [4.78, 5) is 12.1.